The van der Waals surface area contributed by atoms with Gasteiger partial charge in [-0.2, -0.15) is 0 Å². The molecule has 1 unspecified atom stereocenters. The maximum atomic E-state index is 11.7. The molecule has 1 aromatic heterocycles. The van der Waals surface area contributed by atoms with Crippen molar-refractivity contribution in [2.45, 2.75) is 19.9 Å². The third-order valence-corrected chi connectivity index (χ3v) is 2.55. The summed E-state index contributed by atoms with van der Waals surface area (Å²) in [7, 11) is 0. The van der Waals surface area contributed by atoms with Gasteiger partial charge in [-0.1, -0.05) is 0 Å². The molecule has 0 radical (unpaired) electrons. The summed E-state index contributed by atoms with van der Waals surface area (Å²) in [5, 5.41) is 1.05. The van der Waals surface area contributed by atoms with Crippen LogP contribution in [0.3, 0.4) is 0 Å². The van der Waals surface area contributed by atoms with E-state index in [4.69, 9.17) is 5.73 Å². The maximum absolute atomic E-state index is 11.7. The van der Waals surface area contributed by atoms with Gasteiger partial charge in [0.1, 0.15) is 0 Å². The lowest BCUT2D eigenvalue weighted by Crippen LogP contribution is -2.26. The smallest absolute Gasteiger partial charge is 0.179 e. The van der Waals surface area contributed by atoms with E-state index in [9.17, 15) is 4.79 Å². The number of aromatic amines is 1. The highest BCUT2D eigenvalue weighted by molar-refractivity contribution is 6.03. The minimum absolute atomic E-state index is 0.0128. The molecule has 3 heteroatoms. The molecule has 2 rings (SSSR count). The van der Waals surface area contributed by atoms with Crippen LogP contribution in [0.1, 0.15) is 22.8 Å². The lowest BCUT2D eigenvalue weighted by atomic mass is 10.0. The number of carbonyl (C=O) groups excluding carboxylic acids is 1. The first-order chi connectivity index (χ1) is 7.09. The fourth-order valence-corrected chi connectivity index (χ4v) is 1.76. The van der Waals surface area contributed by atoms with Crippen LogP contribution in [0.15, 0.2) is 24.4 Å². The Bertz CT molecular complexity index is 511. The van der Waals surface area contributed by atoms with Crippen LogP contribution in [0, 0.1) is 6.92 Å². The monoisotopic (exact) mass is 202 g/mol. The Morgan fingerprint density at radius 3 is 2.87 bits per heavy atom. The number of aromatic nitrogens is 1. The van der Waals surface area contributed by atoms with Crippen LogP contribution in [0.25, 0.3) is 10.9 Å². The SMILES string of the molecule is Cc1cc(C(=O)C(C)N)cc2cc[nH]c12. The summed E-state index contributed by atoms with van der Waals surface area (Å²) in [6.07, 6.45) is 1.87. The number of hydrogen-bond acceptors (Lipinski definition) is 2. The van der Waals surface area contributed by atoms with Gasteiger partial charge < -0.3 is 10.7 Å². The molecule has 0 aliphatic heterocycles. The number of carbonyl (C=O) groups is 1. The average molecular weight is 202 g/mol. The molecular weight excluding hydrogens is 188 g/mol. The zero-order chi connectivity index (χ0) is 11.0. The van der Waals surface area contributed by atoms with E-state index in [0.717, 1.165) is 16.5 Å². The van der Waals surface area contributed by atoms with Gasteiger partial charge in [-0.25, -0.2) is 0 Å². The van der Waals surface area contributed by atoms with Gasteiger partial charge in [0.05, 0.1) is 6.04 Å². The Morgan fingerprint density at radius 1 is 1.47 bits per heavy atom. The predicted molar refractivity (Wildman–Crippen MR) is 61.0 cm³/mol. The average Bonchev–Trinajstić information content (AvgIpc) is 2.64. The van der Waals surface area contributed by atoms with Crippen molar-refractivity contribution >= 4 is 16.7 Å². The molecule has 3 N–H and O–H groups in total. The van der Waals surface area contributed by atoms with E-state index in [2.05, 4.69) is 4.98 Å². The molecule has 0 spiro atoms. The van der Waals surface area contributed by atoms with E-state index >= 15 is 0 Å². The molecule has 0 aliphatic carbocycles. The zero-order valence-corrected chi connectivity index (χ0v) is 8.87. The number of rotatable bonds is 2. The molecule has 0 aliphatic rings. The maximum Gasteiger partial charge on any atom is 0.179 e. The molecular formula is C12H14N2O. The largest absolute Gasteiger partial charge is 0.361 e. The highest BCUT2D eigenvalue weighted by Gasteiger charge is 2.12. The quantitative estimate of drug-likeness (QED) is 0.732. The number of benzene rings is 1. The molecule has 0 amide bonds. The topological polar surface area (TPSA) is 58.9 Å². The molecule has 1 heterocycles. The number of nitrogens with two attached hydrogens (primary N) is 1. The Labute approximate surface area is 88.3 Å². The van der Waals surface area contributed by atoms with Gasteiger partial charge in [0.25, 0.3) is 0 Å². The van der Waals surface area contributed by atoms with Crippen LogP contribution in [-0.4, -0.2) is 16.8 Å². The molecule has 0 fully saturated rings. The van der Waals surface area contributed by atoms with Crippen molar-refractivity contribution in [1.82, 2.24) is 4.98 Å². The number of aryl methyl sites for hydroxylation is 1. The van der Waals surface area contributed by atoms with Crippen LogP contribution in [0.2, 0.25) is 0 Å². The second-order valence-corrected chi connectivity index (χ2v) is 3.89. The summed E-state index contributed by atoms with van der Waals surface area (Å²) in [4.78, 5) is 14.9. The van der Waals surface area contributed by atoms with Gasteiger partial charge in [0.2, 0.25) is 0 Å². The molecule has 0 bridgehead atoms. The summed E-state index contributed by atoms with van der Waals surface area (Å²) < 4.78 is 0. The highest BCUT2D eigenvalue weighted by Crippen LogP contribution is 2.19. The van der Waals surface area contributed by atoms with Gasteiger partial charge in [-0.15, -0.1) is 0 Å². The Morgan fingerprint density at radius 2 is 2.20 bits per heavy atom. The number of fused-ring (bicyclic) bond motifs is 1. The highest BCUT2D eigenvalue weighted by atomic mass is 16.1. The van der Waals surface area contributed by atoms with Gasteiger partial charge in [-0.3, -0.25) is 4.79 Å². The molecule has 0 saturated carbocycles. The van der Waals surface area contributed by atoms with E-state index in [0.29, 0.717) is 5.56 Å². The Hall–Kier alpha value is -1.61. The molecule has 1 atom stereocenters. The normalized spacial score (nSPS) is 13.0. The first-order valence-electron chi connectivity index (χ1n) is 4.97. The summed E-state index contributed by atoms with van der Waals surface area (Å²) in [5.41, 5.74) is 8.42. The van der Waals surface area contributed by atoms with Crippen molar-refractivity contribution in [3.63, 3.8) is 0 Å². The fourth-order valence-electron chi connectivity index (χ4n) is 1.76. The standard InChI is InChI=1S/C12H14N2O/c1-7-5-10(12(15)8(2)13)6-9-3-4-14-11(7)9/h3-6,8,14H,13H2,1-2H3. The van der Waals surface area contributed by atoms with Gasteiger partial charge >= 0.3 is 0 Å². The van der Waals surface area contributed by atoms with Crippen molar-refractivity contribution in [1.29, 1.82) is 0 Å². The van der Waals surface area contributed by atoms with Crippen molar-refractivity contribution in [3.05, 3.63) is 35.5 Å². The van der Waals surface area contributed by atoms with Crippen molar-refractivity contribution < 1.29 is 4.79 Å². The zero-order valence-electron chi connectivity index (χ0n) is 8.87. The first kappa shape index (κ1) is 9.93. The molecule has 0 saturated heterocycles. The van der Waals surface area contributed by atoms with E-state index in [1.807, 2.05) is 31.3 Å². The van der Waals surface area contributed by atoms with Crippen LogP contribution < -0.4 is 5.73 Å². The number of hydrogen-bond donors (Lipinski definition) is 2. The number of H-pyrrole nitrogens is 1. The summed E-state index contributed by atoms with van der Waals surface area (Å²) >= 11 is 0. The molecule has 15 heavy (non-hydrogen) atoms. The third kappa shape index (κ3) is 1.66. The van der Waals surface area contributed by atoms with Crippen LogP contribution in [0.4, 0.5) is 0 Å². The van der Waals surface area contributed by atoms with Gasteiger partial charge in [-0.05, 0) is 37.6 Å². The lowest BCUT2D eigenvalue weighted by Gasteiger charge is -2.06. The number of Topliss-reactive ketones (excluding diaryl/α,β-unsaturated/α-hetero) is 1. The van der Waals surface area contributed by atoms with Crippen LogP contribution in [0.5, 0.6) is 0 Å². The van der Waals surface area contributed by atoms with E-state index in [1.165, 1.54) is 0 Å². The fraction of sp³-hybridized carbons (Fsp3) is 0.250. The van der Waals surface area contributed by atoms with E-state index in [-0.39, 0.29) is 5.78 Å². The van der Waals surface area contributed by atoms with Crippen molar-refractivity contribution in [2.24, 2.45) is 5.73 Å². The first-order valence-corrected chi connectivity index (χ1v) is 4.97. The minimum Gasteiger partial charge on any atom is -0.361 e. The summed E-state index contributed by atoms with van der Waals surface area (Å²) in [6.45, 7) is 3.69. The molecule has 1 aromatic carbocycles. The molecule has 3 nitrogen and oxygen atoms in total. The number of ketones is 1. The Kier molecular flexibility index (Phi) is 2.32. The van der Waals surface area contributed by atoms with E-state index in [1.54, 1.807) is 6.92 Å². The third-order valence-electron chi connectivity index (χ3n) is 2.55. The predicted octanol–water partition coefficient (Wildman–Crippen LogP) is 2.01. The van der Waals surface area contributed by atoms with Crippen LogP contribution >= 0.6 is 0 Å². The van der Waals surface area contributed by atoms with Gasteiger partial charge in [0, 0.05) is 22.7 Å². The van der Waals surface area contributed by atoms with Gasteiger partial charge in [0.15, 0.2) is 5.78 Å². The summed E-state index contributed by atoms with van der Waals surface area (Å²) in [5.74, 6) is -0.0128. The van der Waals surface area contributed by atoms with Crippen molar-refractivity contribution in [2.75, 3.05) is 0 Å². The summed E-state index contributed by atoms with van der Waals surface area (Å²) in [6, 6.07) is 5.27. The van der Waals surface area contributed by atoms with Crippen molar-refractivity contribution in [3.8, 4) is 0 Å². The Balaban J connectivity index is 2.59. The molecule has 2 aromatic rings. The minimum atomic E-state index is -0.444. The second kappa shape index (κ2) is 3.51. The molecule has 78 valence electrons. The lowest BCUT2D eigenvalue weighted by molar-refractivity contribution is 0.0968. The van der Waals surface area contributed by atoms with E-state index < -0.39 is 6.04 Å². The number of nitrogens with one attached hydrogen (secondary N) is 1. The van der Waals surface area contributed by atoms with Crippen LogP contribution in [-0.2, 0) is 0 Å². The second-order valence-electron chi connectivity index (χ2n) is 3.89.